The van der Waals surface area contributed by atoms with Gasteiger partial charge in [-0.15, -0.1) is 11.3 Å². The number of nitrogens with zero attached hydrogens (tertiary/aromatic N) is 3. The van der Waals surface area contributed by atoms with Gasteiger partial charge in [0.2, 0.25) is 10.0 Å². The average molecular weight is 446 g/mol. The first-order chi connectivity index (χ1) is 13.4. The van der Waals surface area contributed by atoms with Crippen LogP contribution in [0.1, 0.15) is 12.1 Å². The van der Waals surface area contributed by atoms with Crippen molar-refractivity contribution < 1.29 is 17.9 Å². The Kier molecular flexibility index (Phi) is 7.30. The number of rotatable bonds is 7. The normalized spacial score (nSPS) is 16.6. The van der Waals surface area contributed by atoms with Crippen LogP contribution in [0.2, 0.25) is 5.02 Å². The zero-order valence-corrected chi connectivity index (χ0v) is 18.3. The van der Waals surface area contributed by atoms with E-state index in [4.69, 9.17) is 21.1 Å². The molecule has 0 N–H and O–H groups in total. The van der Waals surface area contributed by atoms with Crippen LogP contribution >= 0.6 is 22.9 Å². The average Bonchev–Trinajstić information content (AvgIpc) is 3.04. The lowest BCUT2D eigenvalue weighted by atomic mass is 10.3. The molecule has 2 aromatic rings. The summed E-state index contributed by atoms with van der Waals surface area (Å²) in [4.78, 5) is 5.63. The number of methoxy groups -OCH3 is 1. The van der Waals surface area contributed by atoms with Crippen LogP contribution in [0.4, 0.5) is 5.69 Å². The highest BCUT2D eigenvalue weighted by Crippen LogP contribution is 2.29. The Labute approximate surface area is 174 Å². The van der Waals surface area contributed by atoms with E-state index in [0.29, 0.717) is 43.6 Å². The van der Waals surface area contributed by atoms with Crippen LogP contribution in [0.25, 0.3) is 0 Å². The number of aromatic nitrogens is 1. The highest BCUT2D eigenvalue weighted by molar-refractivity contribution is 7.89. The van der Waals surface area contributed by atoms with Gasteiger partial charge in [-0.1, -0.05) is 11.6 Å². The molecule has 3 rings (SSSR count). The molecular formula is C18H24ClN3O4S2. The predicted molar refractivity (Wildman–Crippen MR) is 110 cm³/mol. The third kappa shape index (κ3) is 4.84. The Balaban J connectivity index is 1.96. The fourth-order valence-electron chi connectivity index (χ4n) is 2.92. The van der Waals surface area contributed by atoms with E-state index in [2.05, 4.69) is 9.56 Å². The molecule has 0 aliphatic carbocycles. The van der Waals surface area contributed by atoms with Crippen LogP contribution in [0.15, 0.2) is 33.5 Å². The summed E-state index contributed by atoms with van der Waals surface area (Å²) in [6, 6.07) is 4.66. The molecule has 7 nitrogen and oxygen atoms in total. The second-order valence-electron chi connectivity index (χ2n) is 6.40. The van der Waals surface area contributed by atoms with Crippen LogP contribution in [-0.4, -0.2) is 57.3 Å². The van der Waals surface area contributed by atoms with E-state index in [1.807, 2.05) is 12.3 Å². The highest BCUT2D eigenvalue weighted by Gasteiger charge is 2.26. The van der Waals surface area contributed by atoms with Crippen LogP contribution in [0.5, 0.6) is 0 Å². The van der Waals surface area contributed by atoms with E-state index < -0.39 is 10.0 Å². The Bertz CT molecular complexity index is 979. The second-order valence-corrected chi connectivity index (χ2v) is 9.58. The monoisotopic (exact) mass is 445 g/mol. The minimum absolute atomic E-state index is 0.191. The summed E-state index contributed by atoms with van der Waals surface area (Å²) in [5, 5.41) is 2.43. The molecule has 154 valence electrons. The van der Waals surface area contributed by atoms with Gasteiger partial charge >= 0.3 is 0 Å². The van der Waals surface area contributed by atoms with Gasteiger partial charge in [0.05, 0.1) is 28.8 Å². The van der Waals surface area contributed by atoms with Gasteiger partial charge in [0, 0.05) is 44.4 Å². The van der Waals surface area contributed by atoms with Crippen LogP contribution < -0.4 is 4.80 Å². The summed E-state index contributed by atoms with van der Waals surface area (Å²) in [6.07, 6.45) is 0.862. The Morgan fingerprint density at radius 2 is 2.07 bits per heavy atom. The maximum absolute atomic E-state index is 12.9. The lowest BCUT2D eigenvalue weighted by Gasteiger charge is -2.26. The van der Waals surface area contributed by atoms with E-state index in [1.54, 1.807) is 19.2 Å². The van der Waals surface area contributed by atoms with Crippen molar-refractivity contribution >= 4 is 38.6 Å². The number of thiazole rings is 1. The van der Waals surface area contributed by atoms with Crippen molar-refractivity contribution in [3.05, 3.63) is 39.1 Å². The molecule has 10 heteroatoms. The zero-order valence-electron chi connectivity index (χ0n) is 15.9. The van der Waals surface area contributed by atoms with Gasteiger partial charge in [0.15, 0.2) is 4.80 Å². The molecule has 0 atom stereocenters. The fraction of sp³-hybridized carbons (Fsp3) is 0.500. The molecule has 0 amide bonds. The second kappa shape index (κ2) is 9.51. The quantitative estimate of drug-likeness (QED) is 0.614. The van der Waals surface area contributed by atoms with Crippen molar-refractivity contribution in [1.82, 2.24) is 8.87 Å². The third-order valence-corrected chi connectivity index (χ3v) is 7.66. The molecule has 1 aromatic carbocycles. The van der Waals surface area contributed by atoms with E-state index in [0.717, 1.165) is 23.5 Å². The molecule has 1 aromatic heterocycles. The summed E-state index contributed by atoms with van der Waals surface area (Å²) in [5.41, 5.74) is 1.53. The van der Waals surface area contributed by atoms with Crippen LogP contribution in [-0.2, 0) is 26.0 Å². The number of halogens is 1. The molecule has 0 bridgehead atoms. The smallest absolute Gasteiger partial charge is 0.243 e. The lowest BCUT2D eigenvalue weighted by Crippen LogP contribution is -2.40. The first-order valence-corrected chi connectivity index (χ1v) is 11.7. The maximum Gasteiger partial charge on any atom is 0.243 e. The van der Waals surface area contributed by atoms with E-state index in [1.165, 1.54) is 21.7 Å². The molecular weight excluding hydrogens is 422 g/mol. The standard InChI is InChI=1S/C18H24ClN3O4S2/c1-14-13-27-18(22(14)6-3-9-25-2)20-17-12-15(4-5-16(17)19)28(23,24)21-7-10-26-11-8-21/h4-5,12-13H,3,6-11H2,1-2H3. The minimum atomic E-state index is -3.60. The molecule has 2 heterocycles. The number of ether oxygens (including phenoxy) is 2. The topological polar surface area (TPSA) is 73.1 Å². The van der Waals surface area contributed by atoms with Gasteiger partial charge in [0.1, 0.15) is 0 Å². The SMILES string of the molecule is COCCCn1c(C)csc1=Nc1cc(S(=O)(=O)N2CCOCC2)ccc1Cl. The molecule has 28 heavy (non-hydrogen) atoms. The van der Waals surface area contributed by atoms with Gasteiger partial charge in [-0.2, -0.15) is 4.31 Å². The van der Waals surface area contributed by atoms with E-state index >= 15 is 0 Å². The first kappa shape index (κ1) is 21.5. The van der Waals surface area contributed by atoms with Crippen molar-refractivity contribution in [1.29, 1.82) is 0 Å². The van der Waals surface area contributed by atoms with Crippen LogP contribution in [0.3, 0.4) is 0 Å². The summed E-state index contributed by atoms with van der Waals surface area (Å²) >= 11 is 7.82. The Hall–Kier alpha value is -1.23. The van der Waals surface area contributed by atoms with Crippen molar-refractivity contribution in [2.75, 3.05) is 40.0 Å². The van der Waals surface area contributed by atoms with Crippen molar-refractivity contribution in [3.8, 4) is 0 Å². The summed E-state index contributed by atoms with van der Waals surface area (Å²) in [7, 11) is -1.92. The largest absolute Gasteiger partial charge is 0.385 e. The Morgan fingerprint density at radius 1 is 1.32 bits per heavy atom. The van der Waals surface area contributed by atoms with Crippen molar-refractivity contribution in [3.63, 3.8) is 0 Å². The van der Waals surface area contributed by atoms with E-state index in [9.17, 15) is 8.42 Å². The Morgan fingerprint density at radius 3 is 2.79 bits per heavy atom. The lowest BCUT2D eigenvalue weighted by molar-refractivity contribution is 0.0730. The van der Waals surface area contributed by atoms with Gasteiger partial charge in [-0.3, -0.25) is 0 Å². The summed E-state index contributed by atoms with van der Waals surface area (Å²) in [5.74, 6) is 0. The molecule has 1 fully saturated rings. The fourth-order valence-corrected chi connectivity index (χ4v) is 5.42. The number of hydrogen-bond acceptors (Lipinski definition) is 6. The maximum atomic E-state index is 12.9. The predicted octanol–water partition coefficient (Wildman–Crippen LogP) is 2.80. The van der Waals surface area contributed by atoms with Gasteiger partial charge in [-0.25, -0.2) is 13.4 Å². The van der Waals surface area contributed by atoms with Crippen molar-refractivity contribution in [2.24, 2.45) is 4.99 Å². The molecule has 1 saturated heterocycles. The molecule has 0 unspecified atom stereocenters. The highest BCUT2D eigenvalue weighted by atomic mass is 35.5. The molecule has 0 spiro atoms. The van der Waals surface area contributed by atoms with Crippen LogP contribution in [0, 0.1) is 6.92 Å². The van der Waals surface area contributed by atoms with Gasteiger partial charge in [0.25, 0.3) is 0 Å². The minimum Gasteiger partial charge on any atom is -0.385 e. The number of sulfonamides is 1. The number of benzene rings is 1. The van der Waals surface area contributed by atoms with Crippen molar-refractivity contribution in [2.45, 2.75) is 24.8 Å². The number of hydrogen-bond donors (Lipinski definition) is 0. The first-order valence-electron chi connectivity index (χ1n) is 8.99. The van der Waals surface area contributed by atoms with Gasteiger partial charge in [-0.05, 0) is 31.5 Å². The third-order valence-electron chi connectivity index (χ3n) is 4.46. The zero-order chi connectivity index (χ0) is 20.1. The summed E-state index contributed by atoms with van der Waals surface area (Å²) < 4.78 is 39.7. The van der Waals surface area contributed by atoms with Gasteiger partial charge < -0.3 is 14.0 Å². The molecule has 1 aliphatic rings. The number of morpholine rings is 1. The molecule has 0 saturated carbocycles. The summed E-state index contributed by atoms with van der Waals surface area (Å²) in [6.45, 7) is 4.95. The number of aryl methyl sites for hydroxylation is 1. The van der Waals surface area contributed by atoms with E-state index in [-0.39, 0.29) is 4.90 Å². The molecule has 1 aliphatic heterocycles. The molecule has 0 radical (unpaired) electrons.